The third-order valence-corrected chi connectivity index (χ3v) is 2.90. The molecule has 0 radical (unpaired) electrons. The van der Waals surface area contributed by atoms with Crippen LogP contribution in [-0.4, -0.2) is 6.16 Å². The molecule has 2 aromatic rings. The summed E-state index contributed by atoms with van der Waals surface area (Å²) in [5, 5.41) is 0. The topological polar surface area (TPSA) is 61.5 Å². The first kappa shape index (κ1) is 13.6. The standard InChI is InChI=1S/C14H12BrNO3/c15-11-3-7-13(8-4-11)19-14(17)18-12-5-1-10(9-16)2-6-12/h1-8H,9,16H2. The van der Waals surface area contributed by atoms with E-state index in [9.17, 15) is 4.79 Å². The number of halogens is 1. The lowest BCUT2D eigenvalue weighted by Gasteiger charge is -2.06. The molecule has 2 N–H and O–H groups in total. The zero-order chi connectivity index (χ0) is 13.7. The maximum absolute atomic E-state index is 11.5. The minimum absolute atomic E-state index is 0.416. The second kappa shape index (κ2) is 6.36. The van der Waals surface area contributed by atoms with E-state index >= 15 is 0 Å². The lowest BCUT2D eigenvalue weighted by Crippen LogP contribution is -2.13. The lowest BCUT2D eigenvalue weighted by molar-refractivity contribution is 0.152. The number of carbonyl (C=O) groups is 1. The van der Waals surface area contributed by atoms with Crippen LogP contribution in [0.3, 0.4) is 0 Å². The van der Waals surface area contributed by atoms with Gasteiger partial charge in [-0.05, 0) is 42.0 Å². The number of ether oxygens (including phenoxy) is 2. The zero-order valence-electron chi connectivity index (χ0n) is 10.0. The molecule has 5 heteroatoms. The highest BCUT2D eigenvalue weighted by molar-refractivity contribution is 9.10. The molecule has 98 valence electrons. The van der Waals surface area contributed by atoms with Gasteiger partial charge in [-0.3, -0.25) is 0 Å². The lowest BCUT2D eigenvalue weighted by atomic mass is 10.2. The Balaban J connectivity index is 1.95. The molecular weight excluding hydrogens is 310 g/mol. The van der Waals surface area contributed by atoms with E-state index in [1.165, 1.54) is 0 Å². The zero-order valence-corrected chi connectivity index (χ0v) is 11.6. The molecule has 2 rings (SSSR count). The van der Waals surface area contributed by atoms with Crippen molar-refractivity contribution in [1.29, 1.82) is 0 Å². The van der Waals surface area contributed by atoms with Gasteiger partial charge < -0.3 is 15.2 Å². The van der Waals surface area contributed by atoms with Crippen molar-refractivity contribution in [2.75, 3.05) is 0 Å². The molecule has 0 aliphatic rings. The Morgan fingerprint density at radius 3 is 1.89 bits per heavy atom. The molecule has 0 spiro atoms. The molecule has 2 aromatic carbocycles. The summed E-state index contributed by atoms with van der Waals surface area (Å²) in [6.07, 6.45) is -0.775. The van der Waals surface area contributed by atoms with Crippen molar-refractivity contribution in [3.8, 4) is 11.5 Å². The molecule has 0 aromatic heterocycles. The first-order chi connectivity index (χ1) is 9.17. The van der Waals surface area contributed by atoms with Gasteiger partial charge in [0, 0.05) is 11.0 Å². The van der Waals surface area contributed by atoms with E-state index in [1.807, 2.05) is 0 Å². The predicted octanol–water partition coefficient (Wildman–Crippen LogP) is 3.49. The van der Waals surface area contributed by atoms with E-state index in [2.05, 4.69) is 15.9 Å². The maximum atomic E-state index is 11.5. The van der Waals surface area contributed by atoms with Crippen LogP contribution in [0.25, 0.3) is 0 Å². The van der Waals surface area contributed by atoms with E-state index in [1.54, 1.807) is 48.5 Å². The fraction of sp³-hybridized carbons (Fsp3) is 0.0714. The van der Waals surface area contributed by atoms with E-state index in [-0.39, 0.29) is 0 Å². The largest absolute Gasteiger partial charge is 0.519 e. The van der Waals surface area contributed by atoms with Crippen molar-refractivity contribution < 1.29 is 14.3 Å². The smallest absolute Gasteiger partial charge is 0.395 e. The average Bonchev–Trinajstić information content (AvgIpc) is 2.42. The summed E-state index contributed by atoms with van der Waals surface area (Å²) in [4.78, 5) is 11.5. The van der Waals surface area contributed by atoms with Gasteiger partial charge in [-0.1, -0.05) is 28.1 Å². The van der Waals surface area contributed by atoms with Crippen molar-refractivity contribution in [3.63, 3.8) is 0 Å². The molecule has 0 bridgehead atoms. The molecule has 0 saturated heterocycles. The highest BCUT2D eigenvalue weighted by atomic mass is 79.9. The Morgan fingerprint density at radius 2 is 1.42 bits per heavy atom. The molecule has 0 saturated carbocycles. The number of nitrogens with two attached hydrogens (primary N) is 1. The molecule has 0 aliphatic carbocycles. The van der Waals surface area contributed by atoms with Crippen molar-refractivity contribution in [2.24, 2.45) is 5.73 Å². The molecular formula is C14H12BrNO3. The van der Waals surface area contributed by atoms with Crippen LogP contribution in [0.4, 0.5) is 4.79 Å². The number of rotatable bonds is 3. The van der Waals surface area contributed by atoms with Gasteiger partial charge in [-0.15, -0.1) is 0 Å². The minimum Gasteiger partial charge on any atom is -0.395 e. The van der Waals surface area contributed by atoms with Gasteiger partial charge in [0.05, 0.1) is 0 Å². The highest BCUT2D eigenvalue weighted by Crippen LogP contribution is 2.18. The molecule has 19 heavy (non-hydrogen) atoms. The molecule has 4 nitrogen and oxygen atoms in total. The van der Waals surface area contributed by atoms with Gasteiger partial charge in [-0.25, -0.2) is 4.79 Å². The summed E-state index contributed by atoms with van der Waals surface area (Å²) in [5.74, 6) is 0.839. The molecule has 0 aliphatic heterocycles. The molecule has 0 fully saturated rings. The maximum Gasteiger partial charge on any atom is 0.519 e. The molecule has 0 heterocycles. The van der Waals surface area contributed by atoms with E-state index < -0.39 is 6.16 Å². The van der Waals surface area contributed by atoms with E-state index in [0.717, 1.165) is 10.0 Å². The summed E-state index contributed by atoms with van der Waals surface area (Å²) in [7, 11) is 0. The van der Waals surface area contributed by atoms with E-state index in [0.29, 0.717) is 18.0 Å². The van der Waals surface area contributed by atoms with Crippen molar-refractivity contribution >= 4 is 22.1 Å². The summed E-state index contributed by atoms with van der Waals surface area (Å²) in [5.41, 5.74) is 6.45. The minimum atomic E-state index is -0.775. The summed E-state index contributed by atoms with van der Waals surface area (Å²) < 4.78 is 11.0. The first-order valence-corrected chi connectivity index (χ1v) is 6.41. The van der Waals surface area contributed by atoms with Crippen LogP contribution in [0.5, 0.6) is 11.5 Å². The first-order valence-electron chi connectivity index (χ1n) is 5.61. The van der Waals surface area contributed by atoms with Crippen LogP contribution in [0.15, 0.2) is 53.0 Å². The number of carbonyl (C=O) groups excluding carboxylic acids is 1. The fourth-order valence-corrected chi connectivity index (χ4v) is 1.67. The highest BCUT2D eigenvalue weighted by Gasteiger charge is 2.07. The van der Waals surface area contributed by atoms with Gasteiger partial charge in [0.15, 0.2) is 0 Å². The van der Waals surface area contributed by atoms with Crippen LogP contribution < -0.4 is 15.2 Å². The third kappa shape index (κ3) is 4.08. The Labute approximate surface area is 119 Å². The third-order valence-electron chi connectivity index (χ3n) is 2.38. The van der Waals surface area contributed by atoms with Gasteiger partial charge >= 0.3 is 6.16 Å². The van der Waals surface area contributed by atoms with Crippen LogP contribution in [-0.2, 0) is 6.54 Å². The van der Waals surface area contributed by atoms with Gasteiger partial charge in [0.2, 0.25) is 0 Å². The Bertz CT molecular complexity index is 552. The quantitative estimate of drug-likeness (QED) is 0.694. The SMILES string of the molecule is NCc1ccc(OC(=O)Oc2ccc(Br)cc2)cc1. The number of hydrogen-bond donors (Lipinski definition) is 1. The summed E-state index contributed by atoms with van der Waals surface area (Å²) in [6, 6.07) is 13.8. The Hall–Kier alpha value is -1.85. The molecule has 0 amide bonds. The van der Waals surface area contributed by atoms with Crippen molar-refractivity contribution in [2.45, 2.75) is 6.54 Å². The van der Waals surface area contributed by atoms with Crippen LogP contribution in [0.1, 0.15) is 5.56 Å². The molecule has 0 unspecified atom stereocenters. The van der Waals surface area contributed by atoms with E-state index in [4.69, 9.17) is 15.2 Å². The number of hydrogen-bond acceptors (Lipinski definition) is 4. The second-order valence-electron chi connectivity index (χ2n) is 3.76. The van der Waals surface area contributed by atoms with Crippen molar-refractivity contribution in [3.05, 3.63) is 58.6 Å². The predicted molar refractivity (Wildman–Crippen MR) is 75.1 cm³/mol. The van der Waals surface area contributed by atoms with Crippen LogP contribution >= 0.6 is 15.9 Å². The van der Waals surface area contributed by atoms with Gasteiger partial charge in [-0.2, -0.15) is 0 Å². The summed E-state index contributed by atoms with van der Waals surface area (Å²) in [6.45, 7) is 0.448. The van der Waals surface area contributed by atoms with Crippen molar-refractivity contribution in [1.82, 2.24) is 0 Å². The fourth-order valence-electron chi connectivity index (χ4n) is 1.41. The van der Waals surface area contributed by atoms with Crippen LogP contribution in [0.2, 0.25) is 0 Å². The Morgan fingerprint density at radius 1 is 0.947 bits per heavy atom. The Kier molecular flexibility index (Phi) is 4.54. The molecule has 0 atom stereocenters. The normalized spacial score (nSPS) is 10.0. The van der Waals surface area contributed by atoms with Crippen LogP contribution in [0, 0.1) is 0 Å². The average molecular weight is 322 g/mol. The second-order valence-corrected chi connectivity index (χ2v) is 4.67. The van der Waals surface area contributed by atoms with Gasteiger partial charge in [0.1, 0.15) is 11.5 Å². The summed E-state index contributed by atoms with van der Waals surface area (Å²) >= 11 is 3.30. The van der Waals surface area contributed by atoms with Gasteiger partial charge in [0.25, 0.3) is 0 Å². The number of benzene rings is 2. The monoisotopic (exact) mass is 321 g/mol.